The minimum atomic E-state index is -0.581. The van der Waals surface area contributed by atoms with Gasteiger partial charge in [-0.3, -0.25) is 10.7 Å². The topological polar surface area (TPSA) is 80.0 Å². The highest BCUT2D eigenvalue weighted by atomic mass is 35.5. The molecule has 0 aromatic heterocycles. The minimum Gasteiger partial charge on any atom is -0.291 e. The molecule has 3 rings (SSSR count). The number of nitrogens with two attached hydrogens (primary N) is 2. The Labute approximate surface area is 133 Å². The Morgan fingerprint density at radius 1 is 1.19 bits per heavy atom. The average Bonchev–Trinajstić information content (AvgIpc) is 2.32. The second-order valence-electron chi connectivity index (χ2n) is 5.42. The molecule has 1 aliphatic carbocycles. The number of nitrogens with zero attached hydrogens (tertiary/aromatic N) is 3. The van der Waals surface area contributed by atoms with Crippen LogP contribution in [-0.2, 0) is 6.42 Å². The summed E-state index contributed by atoms with van der Waals surface area (Å²) in [5.74, 6) is 7.90. The van der Waals surface area contributed by atoms with Crippen LogP contribution in [-0.4, -0.2) is 23.0 Å². The summed E-state index contributed by atoms with van der Waals surface area (Å²) in [6, 6.07) is 5.40. The van der Waals surface area contributed by atoms with Gasteiger partial charge in [-0.15, -0.1) is 0 Å². The van der Waals surface area contributed by atoms with Gasteiger partial charge in [-0.1, -0.05) is 29.6 Å². The highest BCUT2D eigenvalue weighted by Crippen LogP contribution is 2.30. The Kier molecular flexibility index (Phi) is 4.17. The molecule has 1 aromatic rings. The predicted octanol–water partition coefficient (Wildman–Crippen LogP) is 2.56. The van der Waals surface area contributed by atoms with Crippen molar-refractivity contribution in [3.8, 4) is 0 Å². The molecule has 1 atom stereocenters. The second-order valence-corrected chi connectivity index (χ2v) is 6.29. The monoisotopic (exact) mass is 325 g/mol. The van der Waals surface area contributed by atoms with Crippen LogP contribution < -0.4 is 11.6 Å². The highest BCUT2D eigenvalue weighted by Gasteiger charge is 2.29. The Bertz CT molecular complexity index is 589. The van der Waals surface area contributed by atoms with E-state index >= 15 is 0 Å². The normalized spacial score (nSPS) is 22.7. The molecule has 7 heteroatoms. The quantitative estimate of drug-likeness (QED) is 0.838. The van der Waals surface area contributed by atoms with Gasteiger partial charge < -0.3 is 0 Å². The zero-order valence-electron chi connectivity index (χ0n) is 11.5. The lowest BCUT2D eigenvalue weighted by Gasteiger charge is -2.33. The van der Waals surface area contributed by atoms with Crippen LogP contribution in [0.25, 0.3) is 0 Å². The molecule has 0 bridgehead atoms. The fourth-order valence-corrected chi connectivity index (χ4v) is 3.03. The molecule has 0 radical (unpaired) electrons. The summed E-state index contributed by atoms with van der Waals surface area (Å²) in [5.41, 5.74) is 6.92. The summed E-state index contributed by atoms with van der Waals surface area (Å²) in [5, 5.41) is 2.58. The van der Waals surface area contributed by atoms with Gasteiger partial charge in [0.05, 0.1) is 0 Å². The van der Waals surface area contributed by atoms with Crippen LogP contribution in [0.3, 0.4) is 0 Å². The number of hydrogen-bond donors (Lipinski definition) is 2. The van der Waals surface area contributed by atoms with Crippen LogP contribution in [0.1, 0.15) is 24.8 Å². The molecule has 1 saturated carbocycles. The minimum absolute atomic E-state index is 0.419. The number of hydrogen-bond acceptors (Lipinski definition) is 5. The summed E-state index contributed by atoms with van der Waals surface area (Å²) >= 11 is 12.1. The van der Waals surface area contributed by atoms with E-state index in [-0.39, 0.29) is 0 Å². The Hall–Kier alpha value is -1.14. The van der Waals surface area contributed by atoms with Crippen molar-refractivity contribution in [2.45, 2.75) is 32.0 Å². The molecule has 1 aromatic carbocycles. The smallest absolute Gasteiger partial charge is 0.190 e. The average molecular weight is 326 g/mol. The van der Waals surface area contributed by atoms with Crippen molar-refractivity contribution < 1.29 is 0 Å². The summed E-state index contributed by atoms with van der Waals surface area (Å²) in [4.78, 5) is 8.96. The van der Waals surface area contributed by atoms with Gasteiger partial charge in [0, 0.05) is 22.4 Å². The van der Waals surface area contributed by atoms with Gasteiger partial charge in [0.25, 0.3) is 0 Å². The van der Waals surface area contributed by atoms with Crippen LogP contribution in [0.15, 0.2) is 28.2 Å². The summed E-state index contributed by atoms with van der Waals surface area (Å²) in [6.07, 6.45) is 3.41. The Morgan fingerprint density at radius 3 is 2.43 bits per heavy atom. The first-order valence-corrected chi connectivity index (χ1v) is 7.68. The van der Waals surface area contributed by atoms with E-state index in [1.54, 1.807) is 6.07 Å². The molecule has 0 spiro atoms. The molecule has 2 aliphatic rings. The van der Waals surface area contributed by atoms with Gasteiger partial charge >= 0.3 is 0 Å². The SMILES string of the molecule is NC1N=C(C2CCC2)N=C(Cc2cc(Cl)cc(Cl)c2)N1N. The molecule has 21 heavy (non-hydrogen) atoms. The first kappa shape index (κ1) is 14.8. The number of amidine groups is 2. The molecule has 1 unspecified atom stereocenters. The first-order chi connectivity index (χ1) is 10.0. The summed E-state index contributed by atoms with van der Waals surface area (Å²) in [6.45, 7) is 0. The van der Waals surface area contributed by atoms with E-state index in [0.717, 1.165) is 24.2 Å². The Balaban J connectivity index is 1.84. The van der Waals surface area contributed by atoms with Crippen molar-refractivity contribution in [3.05, 3.63) is 33.8 Å². The lowest BCUT2D eigenvalue weighted by atomic mass is 9.84. The molecule has 0 amide bonds. The van der Waals surface area contributed by atoms with Crippen LogP contribution in [0.4, 0.5) is 0 Å². The number of benzene rings is 1. The number of aliphatic imine (C=N–C) groups is 2. The van der Waals surface area contributed by atoms with Crippen molar-refractivity contribution in [2.24, 2.45) is 27.5 Å². The van der Waals surface area contributed by atoms with Crippen molar-refractivity contribution >= 4 is 34.9 Å². The molecular formula is C14H17Cl2N5. The van der Waals surface area contributed by atoms with E-state index in [9.17, 15) is 0 Å². The zero-order valence-corrected chi connectivity index (χ0v) is 13.0. The fourth-order valence-electron chi connectivity index (χ4n) is 2.46. The van der Waals surface area contributed by atoms with Crippen LogP contribution in [0.2, 0.25) is 10.0 Å². The third-order valence-electron chi connectivity index (χ3n) is 3.85. The molecule has 1 heterocycles. The molecule has 4 N–H and O–H groups in total. The van der Waals surface area contributed by atoms with E-state index in [1.165, 1.54) is 11.4 Å². The lowest BCUT2D eigenvalue weighted by molar-refractivity contribution is 0.318. The van der Waals surface area contributed by atoms with E-state index in [4.69, 9.17) is 34.8 Å². The van der Waals surface area contributed by atoms with Crippen molar-refractivity contribution in [3.63, 3.8) is 0 Å². The van der Waals surface area contributed by atoms with E-state index < -0.39 is 6.29 Å². The molecule has 0 saturated heterocycles. The summed E-state index contributed by atoms with van der Waals surface area (Å²) in [7, 11) is 0. The third-order valence-corrected chi connectivity index (χ3v) is 4.28. The van der Waals surface area contributed by atoms with Gasteiger partial charge in [-0.05, 0) is 36.6 Å². The van der Waals surface area contributed by atoms with Gasteiger partial charge in [-0.2, -0.15) is 0 Å². The fraction of sp³-hybridized carbons (Fsp3) is 0.429. The maximum Gasteiger partial charge on any atom is 0.190 e. The van der Waals surface area contributed by atoms with Crippen LogP contribution in [0.5, 0.6) is 0 Å². The lowest BCUT2D eigenvalue weighted by Crippen LogP contribution is -2.53. The van der Waals surface area contributed by atoms with Gasteiger partial charge in [0.2, 0.25) is 0 Å². The van der Waals surface area contributed by atoms with E-state index in [1.807, 2.05) is 12.1 Å². The van der Waals surface area contributed by atoms with E-state index in [2.05, 4.69) is 9.98 Å². The number of hydrazine groups is 1. The summed E-state index contributed by atoms with van der Waals surface area (Å²) < 4.78 is 0. The maximum absolute atomic E-state index is 6.03. The molecule has 112 valence electrons. The highest BCUT2D eigenvalue weighted by molar-refractivity contribution is 6.34. The molecule has 1 aliphatic heterocycles. The van der Waals surface area contributed by atoms with Crippen LogP contribution in [0, 0.1) is 5.92 Å². The number of halogens is 2. The van der Waals surface area contributed by atoms with Crippen molar-refractivity contribution in [1.82, 2.24) is 5.01 Å². The molecule has 1 fully saturated rings. The molecule has 5 nitrogen and oxygen atoms in total. The molecular weight excluding hydrogens is 309 g/mol. The first-order valence-electron chi connectivity index (χ1n) is 6.92. The second kappa shape index (κ2) is 5.93. The van der Waals surface area contributed by atoms with Crippen molar-refractivity contribution in [2.75, 3.05) is 0 Å². The predicted molar refractivity (Wildman–Crippen MR) is 86.4 cm³/mol. The van der Waals surface area contributed by atoms with E-state index in [0.29, 0.717) is 28.2 Å². The van der Waals surface area contributed by atoms with Gasteiger partial charge in [0.15, 0.2) is 6.29 Å². The van der Waals surface area contributed by atoms with Gasteiger partial charge in [0.1, 0.15) is 11.7 Å². The van der Waals surface area contributed by atoms with Crippen LogP contribution >= 0.6 is 23.2 Å². The largest absolute Gasteiger partial charge is 0.291 e. The van der Waals surface area contributed by atoms with Crippen molar-refractivity contribution in [1.29, 1.82) is 0 Å². The standard InChI is InChI=1S/C14H17Cl2N5/c15-10-4-8(5-11(16)7-10)6-12-19-13(9-2-1-3-9)20-14(17)21(12)18/h4-5,7,9,14H,1-3,6,17-18H2. The van der Waals surface area contributed by atoms with Gasteiger partial charge in [-0.25, -0.2) is 15.8 Å². The zero-order chi connectivity index (χ0) is 15.0. The third kappa shape index (κ3) is 3.21. The maximum atomic E-state index is 6.03. The number of rotatable bonds is 3. The Morgan fingerprint density at radius 2 is 1.86 bits per heavy atom.